The number of hydrogen-bond acceptors (Lipinski definition) is 4. The van der Waals surface area contributed by atoms with Gasteiger partial charge in [0.2, 0.25) is 5.91 Å². The number of carbonyl (C=O) groups is 1. The van der Waals surface area contributed by atoms with E-state index >= 15 is 0 Å². The molecular weight excluding hydrogens is 325 g/mol. The van der Waals surface area contributed by atoms with E-state index in [0.717, 1.165) is 16.7 Å². The first-order chi connectivity index (χ1) is 11.2. The molecule has 1 atom stereocenters. The smallest absolute Gasteiger partial charge is 0.372 e. The van der Waals surface area contributed by atoms with Gasteiger partial charge < -0.3 is 9.84 Å². The minimum absolute atomic E-state index is 0.0675. The van der Waals surface area contributed by atoms with Crippen LogP contribution in [0.25, 0.3) is 0 Å². The summed E-state index contributed by atoms with van der Waals surface area (Å²) in [7, 11) is 0. The quantitative estimate of drug-likeness (QED) is 0.918. The van der Waals surface area contributed by atoms with Gasteiger partial charge in [-0.3, -0.25) is 4.79 Å². The molecule has 0 saturated carbocycles. The van der Waals surface area contributed by atoms with Gasteiger partial charge in [0.05, 0.1) is 13.2 Å². The van der Waals surface area contributed by atoms with Gasteiger partial charge in [-0.2, -0.15) is 23.3 Å². The van der Waals surface area contributed by atoms with E-state index in [1.165, 1.54) is 6.92 Å². The van der Waals surface area contributed by atoms with Gasteiger partial charge in [0.25, 0.3) is 5.72 Å². The molecule has 1 aromatic carbocycles. The predicted octanol–water partition coefficient (Wildman–Crippen LogP) is 2.51. The average Bonchev–Trinajstić information content (AvgIpc) is 3.08. The number of benzene rings is 1. The molecule has 5 nitrogen and oxygen atoms in total. The summed E-state index contributed by atoms with van der Waals surface area (Å²) in [5.41, 5.74) is -0.237. The van der Waals surface area contributed by atoms with Crippen LogP contribution in [-0.2, 0) is 29.2 Å². The molecule has 1 N–H and O–H groups in total. The van der Waals surface area contributed by atoms with Crippen LogP contribution in [0.1, 0.15) is 36.5 Å². The molecule has 0 aromatic heterocycles. The highest BCUT2D eigenvalue weighted by atomic mass is 19.4. The summed E-state index contributed by atoms with van der Waals surface area (Å²) in [5, 5.41) is 13.7. The van der Waals surface area contributed by atoms with Crippen LogP contribution in [0.4, 0.5) is 13.2 Å². The maximum absolute atomic E-state index is 13.1. The lowest BCUT2D eigenvalue weighted by Crippen LogP contribution is -2.56. The van der Waals surface area contributed by atoms with Crippen molar-refractivity contribution in [3.63, 3.8) is 0 Å². The van der Waals surface area contributed by atoms with Crippen LogP contribution < -0.4 is 0 Å². The molecule has 0 saturated heterocycles. The molecule has 2 heterocycles. The van der Waals surface area contributed by atoms with Crippen LogP contribution in [-0.4, -0.2) is 33.6 Å². The molecule has 8 heteroatoms. The van der Waals surface area contributed by atoms with Crippen molar-refractivity contribution in [3.05, 3.63) is 34.9 Å². The Kier molecular flexibility index (Phi) is 4.13. The maximum atomic E-state index is 13.1. The van der Waals surface area contributed by atoms with Crippen molar-refractivity contribution in [1.82, 2.24) is 5.01 Å². The molecule has 0 spiro atoms. The number of hydrazone groups is 1. The zero-order valence-corrected chi connectivity index (χ0v) is 13.1. The Morgan fingerprint density at radius 2 is 2.08 bits per heavy atom. The number of rotatable bonds is 3. The number of amides is 1. The zero-order chi connectivity index (χ0) is 17.5. The van der Waals surface area contributed by atoms with E-state index in [-0.39, 0.29) is 23.6 Å². The standard InChI is InChI=1S/C16H17F3N2O3/c1-10-7-15(23,16(17,18)19)21(20-10)14(22)5-3-11-2-4-12-8-24-9-13(12)6-11/h2,4,6,23H,3,5,7-9H2,1H3/t15-/m0/s1. The molecular formula is C16H17F3N2O3. The molecule has 0 radical (unpaired) electrons. The maximum Gasteiger partial charge on any atom is 0.438 e. The minimum atomic E-state index is -4.96. The third kappa shape index (κ3) is 2.91. The molecule has 1 amide bonds. The second-order valence-electron chi connectivity index (χ2n) is 6.13. The van der Waals surface area contributed by atoms with Crippen molar-refractivity contribution in [2.24, 2.45) is 5.10 Å². The Balaban J connectivity index is 1.70. The summed E-state index contributed by atoms with van der Waals surface area (Å²) in [6.07, 6.45) is -5.59. The molecule has 2 aliphatic rings. The largest absolute Gasteiger partial charge is 0.438 e. The molecule has 0 aliphatic carbocycles. The van der Waals surface area contributed by atoms with Gasteiger partial charge in [0, 0.05) is 18.6 Å². The molecule has 0 fully saturated rings. The van der Waals surface area contributed by atoms with Crippen LogP contribution in [0.5, 0.6) is 0 Å². The Morgan fingerprint density at radius 3 is 2.79 bits per heavy atom. The van der Waals surface area contributed by atoms with Crippen molar-refractivity contribution in [3.8, 4) is 0 Å². The number of fused-ring (bicyclic) bond motifs is 1. The van der Waals surface area contributed by atoms with Crippen LogP contribution in [0.15, 0.2) is 23.3 Å². The summed E-state index contributed by atoms with van der Waals surface area (Å²) in [5.74, 6) is -0.858. The molecule has 0 unspecified atom stereocenters. The number of aliphatic hydroxyl groups is 1. The monoisotopic (exact) mass is 342 g/mol. The molecule has 1 aromatic rings. The van der Waals surface area contributed by atoms with Crippen LogP contribution >= 0.6 is 0 Å². The highest BCUT2D eigenvalue weighted by molar-refractivity contribution is 5.89. The van der Waals surface area contributed by atoms with Crippen molar-refractivity contribution >= 4 is 11.6 Å². The number of hydrogen-bond donors (Lipinski definition) is 1. The summed E-state index contributed by atoms with van der Waals surface area (Å²) < 4.78 is 44.6. The lowest BCUT2D eigenvalue weighted by molar-refractivity contribution is -0.302. The van der Waals surface area contributed by atoms with E-state index in [9.17, 15) is 23.1 Å². The number of ether oxygens (including phenoxy) is 1. The van der Waals surface area contributed by atoms with E-state index in [1.54, 1.807) is 0 Å². The number of alkyl halides is 3. The SMILES string of the molecule is CC1=NN(C(=O)CCc2ccc3c(c2)COC3)[C@@](O)(C(F)(F)F)C1. The Labute approximate surface area is 136 Å². The second-order valence-corrected chi connectivity index (χ2v) is 6.13. The van der Waals surface area contributed by atoms with E-state index in [1.807, 2.05) is 18.2 Å². The summed E-state index contributed by atoms with van der Waals surface area (Å²) in [4.78, 5) is 12.2. The number of nitrogens with zero attached hydrogens (tertiary/aromatic N) is 2. The molecule has 2 aliphatic heterocycles. The number of halogens is 3. The van der Waals surface area contributed by atoms with Gasteiger partial charge in [-0.1, -0.05) is 18.2 Å². The van der Waals surface area contributed by atoms with Gasteiger partial charge in [0.15, 0.2) is 0 Å². The van der Waals surface area contributed by atoms with E-state index in [0.29, 0.717) is 13.2 Å². The van der Waals surface area contributed by atoms with Gasteiger partial charge in [-0.05, 0) is 30.0 Å². The zero-order valence-electron chi connectivity index (χ0n) is 13.1. The molecule has 0 bridgehead atoms. The van der Waals surface area contributed by atoms with Gasteiger partial charge >= 0.3 is 6.18 Å². The van der Waals surface area contributed by atoms with Gasteiger partial charge in [-0.25, -0.2) is 0 Å². The Morgan fingerprint density at radius 1 is 1.38 bits per heavy atom. The topological polar surface area (TPSA) is 62.1 Å². The third-order valence-corrected chi connectivity index (χ3v) is 4.23. The number of aryl methyl sites for hydroxylation is 1. The third-order valence-electron chi connectivity index (χ3n) is 4.23. The van der Waals surface area contributed by atoms with Crippen molar-refractivity contribution in [2.45, 2.75) is 51.3 Å². The number of carbonyl (C=O) groups excluding carboxylic acids is 1. The Hall–Kier alpha value is -1.93. The van der Waals surface area contributed by atoms with E-state index in [4.69, 9.17) is 4.74 Å². The first-order valence-electron chi connectivity index (χ1n) is 7.55. The first kappa shape index (κ1) is 16.9. The normalized spacial score (nSPS) is 23.4. The second kappa shape index (κ2) is 5.86. The molecule has 130 valence electrons. The van der Waals surface area contributed by atoms with E-state index in [2.05, 4.69) is 5.10 Å². The van der Waals surface area contributed by atoms with Crippen molar-refractivity contribution in [1.29, 1.82) is 0 Å². The highest BCUT2D eigenvalue weighted by Crippen LogP contribution is 2.40. The summed E-state index contributed by atoms with van der Waals surface area (Å²) in [6, 6.07) is 5.62. The van der Waals surface area contributed by atoms with E-state index < -0.39 is 24.2 Å². The lowest BCUT2D eigenvalue weighted by atomic mass is 10.0. The van der Waals surface area contributed by atoms with Crippen LogP contribution in [0, 0.1) is 0 Å². The molecule has 3 rings (SSSR count). The fraction of sp³-hybridized carbons (Fsp3) is 0.500. The first-order valence-corrected chi connectivity index (χ1v) is 7.55. The lowest BCUT2D eigenvalue weighted by Gasteiger charge is -2.32. The van der Waals surface area contributed by atoms with Gasteiger partial charge in [0.1, 0.15) is 0 Å². The summed E-state index contributed by atoms with van der Waals surface area (Å²) in [6.45, 7) is 2.40. The fourth-order valence-corrected chi connectivity index (χ4v) is 2.94. The van der Waals surface area contributed by atoms with Crippen LogP contribution in [0.3, 0.4) is 0 Å². The summed E-state index contributed by atoms with van der Waals surface area (Å²) >= 11 is 0. The minimum Gasteiger partial charge on any atom is -0.372 e. The predicted molar refractivity (Wildman–Crippen MR) is 78.8 cm³/mol. The molecule has 24 heavy (non-hydrogen) atoms. The van der Waals surface area contributed by atoms with Gasteiger partial charge in [-0.15, -0.1) is 0 Å². The van der Waals surface area contributed by atoms with Crippen LogP contribution in [0.2, 0.25) is 0 Å². The fourth-order valence-electron chi connectivity index (χ4n) is 2.94. The van der Waals surface area contributed by atoms with Crippen molar-refractivity contribution < 1.29 is 27.8 Å². The Bertz CT molecular complexity index is 702. The highest BCUT2D eigenvalue weighted by Gasteiger charge is 2.62. The van der Waals surface area contributed by atoms with Crippen molar-refractivity contribution in [2.75, 3.05) is 0 Å². The average molecular weight is 342 g/mol.